The Morgan fingerprint density at radius 2 is 1.00 bits per heavy atom. The third-order valence-corrected chi connectivity index (χ3v) is 7.83. The smallest absolute Gasteiger partial charge is 0.102 e. The van der Waals surface area contributed by atoms with Crippen molar-refractivity contribution in [1.82, 2.24) is 0 Å². The monoisotopic (exact) mass is 555 g/mol. The fourth-order valence-electron chi connectivity index (χ4n) is 4.41. The van der Waals surface area contributed by atoms with Crippen LogP contribution < -0.4 is 24.0 Å². The lowest BCUT2D eigenvalue weighted by Gasteiger charge is -2.37. The first-order valence-electron chi connectivity index (χ1n) is 13.3. The third kappa shape index (κ3) is 19.7. The van der Waals surface area contributed by atoms with Gasteiger partial charge in [-0.2, -0.15) is 11.8 Å². The van der Waals surface area contributed by atoms with Crippen LogP contribution in [-0.4, -0.2) is 55.9 Å². The number of rotatable bonds is 21. The second-order valence-electron chi connectivity index (χ2n) is 9.67. The van der Waals surface area contributed by atoms with Crippen molar-refractivity contribution in [3.8, 4) is 0 Å². The van der Waals surface area contributed by atoms with Crippen LogP contribution >= 0.6 is 11.8 Å². The largest absolute Gasteiger partial charge is 1.00 e. The standard InChI is InChI=1S/C26H54NOS.HI/c1-3-4-5-6-7-8-9-10-11-12-13-14-15-16-17-18-25-29-26-19-20-27(2)21-23-28-24-22-27;/h3-26H2,1-2H3;1H/q+1;/p-1. The van der Waals surface area contributed by atoms with Crippen LogP contribution in [0, 0.1) is 0 Å². The lowest BCUT2D eigenvalue weighted by atomic mass is 10.0. The van der Waals surface area contributed by atoms with Crippen molar-refractivity contribution in [2.24, 2.45) is 0 Å². The zero-order valence-corrected chi connectivity index (χ0v) is 23.6. The van der Waals surface area contributed by atoms with Gasteiger partial charge < -0.3 is 33.2 Å². The first-order valence-corrected chi connectivity index (χ1v) is 14.4. The molecule has 0 atom stereocenters. The van der Waals surface area contributed by atoms with E-state index in [1.54, 1.807) is 0 Å². The minimum Gasteiger partial charge on any atom is -1.00 e. The first-order chi connectivity index (χ1) is 14.3. The number of morpholine rings is 1. The normalized spacial score (nSPS) is 15.8. The fraction of sp³-hybridized carbons (Fsp3) is 1.00. The van der Waals surface area contributed by atoms with Gasteiger partial charge in [0.15, 0.2) is 0 Å². The molecule has 4 heteroatoms. The topological polar surface area (TPSA) is 9.23 Å². The van der Waals surface area contributed by atoms with Gasteiger partial charge in [0.05, 0.1) is 26.8 Å². The van der Waals surface area contributed by atoms with Crippen molar-refractivity contribution in [2.75, 3.05) is 51.4 Å². The lowest BCUT2D eigenvalue weighted by molar-refractivity contribution is -0.916. The Morgan fingerprint density at radius 1 is 0.600 bits per heavy atom. The van der Waals surface area contributed by atoms with Gasteiger partial charge in [0.25, 0.3) is 0 Å². The highest BCUT2D eigenvalue weighted by molar-refractivity contribution is 7.99. The zero-order chi connectivity index (χ0) is 20.9. The lowest BCUT2D eigenvalue weighted by Crippen LogP contribution is -3.00. The van der Waals surface area contributed by atoms with Gasteiger partial charge in [-0.05, 0) is 17.9 Å². The van der Waals surface area contributed by atoms with Crippen LogP contribution in [0.3, 0.4) is 0 Å². The Morgan fingerprint density at radius 3 is 1.47 bits per heavy atom. The summed E-state index contributed by atoms with van der Waals surface area (Å²) in [6.07, 6.45) is 24.8. The van der Waals surface area contributed by atoms with Gasteiger partial charge >= 0.3 is 0 Å². The molecule has 0 unspecified atom stereocenters. The van der Waals surface area contributed by atoms with E-state index in [-0.39, 0.29) is 24.0 Å². The van der Waals surface area contributed by atoms with Crippen molar-refractivity contribution in [1.29, 1.82) is 0 Å². The number of quaternary nitrogens is 1. The van der Waals surface area contributed by atoms with Crippen LogP contribution in [-0.2, 0) is 4.74 Å². The summed E-state index contributed by atoms with van der Waals surface area (Å²) in [6.45, 7) is 7.99. The molecule has 1 rings (SSSR count). The molecule has 1 heterocycles. The molecule has 0 aliphatic carbocycles. The summed E-state index contributed by atoms with van der Waals surface area (Å²) in [5.74, 6) is 2.73. The van der Waals surface area contributed by atoms with E-state index in [1.807, 2.05) is 0 Å². The number of hydrogen-bond acceptors (Lipinski definition) is 2. The highest BCUT2D eigenvalue weighted by atomic mass is 127. The molecule has 0 saturated carbocycles. The number of hydrogen-bond donors (Lipinski definition) is 0. The molecule has 30 heavy (non-hydrogen) atoms. The van der Waals surface area contributed by atoms with Crippen molar-refractivity contribution in [3.63, 3.8) is 0 Å². The van der Waals surface area contributed by atoms with Crippen LogP contribution in [0.25, 0.3) is 0 Å². The molecule has 0 spiro atoms. The number of unbranched alkanes of at least 4 members (excludes halogenated alkanes) is 15. The van der Waals surface area contributed by atoms with Gasteiger partial charge in [-0.3, -0.25) is 0 Å². The Labute approximate surface area is 211 Å². The molecule has 0 N–H and O–H groups in total. The predicted octanol–water partition coefficient (Wildman–Crippen LogP) is 4.85. The summed E-state index contributed by atoms with van der Waals surface area (Å²) in [7, 11) is 2.41. The Balaban J connectivity index is 0.00000841. The molecule has 0 aromatic heterocycles. The van der Waals surface area contributed by atoms with E-state index in [9.17, 15) is 0 Å². The van der Waals surface area contributed by atoms with Crippen molar-refractivity contribution in [2.45, 2.75) is 116 Å². The van der Waals surface area contributed by atoms with E-state index in [4.69, 9.17) is 4.74 Å². The first kappa shape index (κ1) is 31.0. The van der Waals surface area contributed by atoms with Gasteiger partial charge in [0.2, 0.25) is 0 Å². The van der Waals surface area contributed by atoms with Crippen LogP contribution in [0.1, 0.15) is 116 Å². The summed E-state index contributed by atoms with van der Waals surface area (Å²) < 4.78 is 6.73. The molecular formula is C26H54INOS. The Kier molecular flexibility index (Phi) is 23.9. The van der Waals surface area contributed by atoms with Crippen molar-refractivity contribution >= 4 is 11.8 Å². The summed E-state index contributed by atoms with van der Waals surface area (Å²) in [6, 6.07) is 0. The highest BCUT2D eigenvalue weighted by Crippen LogP contribution is 2.15. The third-order valence-electron chi connectivity index (χ3n) is 6.68. The van der Waals surface area contributed by atoms with Crippen LogP contribution in [0.2, 0.25) is 0 Å². The van der Waals surface area contributed by atoms with Gasteiger partial charge in [0.1, 0.15) is 13.1 Å². The van der Waals surface area contributed by atoms with E-state index in [0.29, 0.717) is 0 Å². The second kappa shape index (κ2) is 23.2. The summed E-state index contributed by atoms with van der Waals surface area (Å²) >= 11 is 2.19. The molecule has 1 aliphatic rings. The maximum atomic E-state index is 5.49. The number of thioether (sulfide) groups is 1. The Hall–Kier alpha value is 1.00. The van der Waals surface area contributed by atoms with Gasteiger partial charge in [-0.15, -0.1) is 0 Å². The predicted molar refractivity (Wildman–Crippen MR) is 133 cm³/mol. The fourth-order valence-corrected chi connectivity index (χ4v) is 5.36. The summed E-state index contributed by atoms with van der Waals surface area (Å²) in [4.78, 5) is 0. The molecule has 2 nitrogen and oxygen atoms in total. The van der Waals surface area contributed by atoms with Crippen LogP contribution in [0.15, 0.2) is 0 Å². The summed E-state index contributed by atoms with van der Waals surface area (Å²) in [5, 5.41) is 0. The molecular weight excluding hydrogens is 501 g/mol. The highest BCUT2D eigenvalue weighted by Gasteiger charge is 2.24. The van der Waals surface area contributed by atoms with E-state index in [0.717, 1.165) is 13.2 Å². The maximum absolute atomic E-state index is 5.49. The number of ether oxygens (including phenoxy) is 1. The molecule has 0 amide bonds. The average molecular weight is 556 g/mol. The van der Waals surface area contributed by atoms with Crippen LogP contribution in [0.5, 0.6) is 0 Å². The molecule has 0 radical (unpaired) electrons. The second-order valence-corrected chi connectivity index (χ2v) is 10.9. The van der Waals surface area contributed by atoms with E-state index >= 15 is 0 Å². The van der Waals surface area contributed by atoms with E-state index in [1.165, 1.54) is 145 Å². The minimum atomic E-state index is 0. The minimum absolute atomic E-state index is 0. The van der Waals surface area contributed by atoms with Gasteiger partial charge in [0, 0.05) is 6.42 Å². The zero-order valence-electron chi connectivity index (χ0n) is 20.6. The van der Waals surface area contributed by atoms with Crippen molar-refractivity contribution < 1.29 is 33.2 Å². The molecule has 0 aromatic rings. The van der Waals surface area contributed by atoms with Gasteiger partial charge in [-0.1, -0.05) is 103 Å². The van der Waals surface area contributed by atoms with Gasteiger partial charge in [-0.25, -0.2) is 0 Å². The van der Waals surface area contributed by atoms with E-state index < -0.39 is 0 Å². The molecule has 0 aromatic carbocycles. The summed E-state index contributed by atoms with van der Waals surface area (Å²) in [5.41, 5.74) is 0. The molecule has 182 valence electrons. The Bertz CT molecular complexity index is 337. The number of nitrogens with zero attached hydrogens (tertiary/aromatic N) is 1. The van der Waals surface area contributed by atoms with E-state index in [2.05, 4.69) is 25.7 Å². The maximum Gasteiger partial charge on any atom is 0.102 e. The van der Waals surface area contributed by atoms with Crippen molar-refractivity contribution in [3.05, 3.63) is 0 Å². The number of likely N-dealkylation sites (N-methyl/N-ethyl adjacent to an activating group) is 1. The molecule has 1 aliphatic heterocycles. The molecule has 0 bridgehead atoms. The SMILES string of the molecule is CCCCCCCCCCCCCCCCCCSCCC[N+]1(C)CCOCC1.[I-]. The average Bonchev–Trinajstić information content (AvgIpc) is 2.73. The van der Waals surface area contributed by atoms with Crippen LogP contribution in [0.4, 0.5) is 0 Å². The number of halogens is 1. The molecule has 1 saturated heterocycles. The molecule has 1 fully saturated rings. The quantitative estimate of drug-likeness (QED) is 0.114.